The Morgan fingerprint density at radius 2 is 1.52 bits per heavy atom. The lowest BCUT2D eigenvalue weighted by atomic mass is 9.80. The molecule has 2 N–H and O–H groups in total. The van der Waals surface area contributed by atoms with E-state index in [9.17, 15) is 8.78 Å². The summed E-state index contributed by atoms with van der Waals surface area (Å²) in [4.78, 5) is 0. The smallest absolute Gasteiger partial charge is 0.164 e. The molecule has 0 saturated heterocycles. The molecule has 0 aliphatic heterocycles. The number of rotatable bonds is 2. The first kappa shape index (κ1) is 15.6. The molecule has 2 aromatic rings. The van der Waals surface area contributed by atoms with E-state index in [1.807, 2.05) is 24.3 Å². The molecule has 0 bridgehead atoms. The largest absolute Gasteiger partial charge is 0.320 e. The molecule has 0 aliphatic rings. The van der Waals surface area contributed by atoms with Crippen LogP contribution in [-0.2, 0) is 5.41 Å². The van der Waals surface area contributed by atoms with Gasteiger partial charge in [0.2, 0.25) is 0 Å². The number of halogens is 2. The van der Waals surface area contributed by atoms with Crippen LogP contribution in [0.2, 0.25) is 0 Å². The Kier molecular flexibility index (Phi) is 4.15. The van der Waals surface area contributed by atoms with Crippen molar-refractivity contribution in [2.24, 2.45) is 5.73 Å². The van der Waals surface area contributed by atoms with Crippen molar-refractivity contribution in [3.63, 3.8) is 0 Å². The monoisotopic (exact) mass is 289 g/mol. The summed E-state index contributed by atoms with van der Waals surface area (Å²) in [6.07, 6.45) is 0. The second kappa shape index (κ2) is 5.57. The van der Waals surface area contributed by atoms with Gasteiger partial charge in [0.15, 0.2) is 11.6 Å². The fourth-order valence-electron chi connectivity index (χ4n) is 2.52. The molecule has 0 fully saturated rings. The molecule has 2 aromatic carbocycles. The van der Waals surface area contributed by atoms with Gasteiger partial charge in [0.1, 0.15) is 0 Å². The van der Waals surface area contributed by atoms with Crippen molar-refractivity contribution in [1.29, 1.82) is 0 Å². The molecule has 2 rings (SSSR count). The first-order chi connectivity index (χ1) is 9.73. The van der Waals surface area contributed by atoms with Crippen LogP contribution in [0.4, 0.5) is 8.78 Å². The molecule has 0 amide bonds. The fraction of sp³-hybridized carbons (Fsp3) is 0.333. The summed E-state index contributed by atoms with van der Waals surface area (Å²) in [5.74, 6) is -1.68. The molecule has 1 unspecified atom stereocenters. The molecule has 0 heterocycles. The van der Waals surface area contributed by atoms with E-state index in [1.54, 1.807) is 12.1 Å². The zero-order chi connectivity index (χ0) is 15.8. The summed E-state index contributed by atoms with van der Waals surface area (Å²) in [5, 5.41) is 0. The molecule has 0 saturated carbocycles. The van der Waals surface area contributed by atoms with Crippen LogP contribution in [0, 0.1) is 18.6 Å². The fourth-order valence-corrected chi connectivity index (χ4v) is 2.52. The van der Waals surface area contributed by atoms with E-state index >= 15 is 0 Å². The highest BCUT2D eigenvalue weighted by molar-refractivity contribution is 5.41. The normalized spacial score (nSPS) is 13.3. The Balaban J connectivity index is 2.56. The maximum atomic E-state index is 14.2. The summed E-state index contributed by atoms with van der Waals surface area (Å²) in [7, 11) is 0. The van der Waals surface area contributed by atoms with Crippen molar-refractivity contribution in [3.05, 3.63) is 70.3 Å². The van der Waals surface area contributed by atoms with E-state index in [2.05, 4.69) is 20.8 Å². The van der Waals surface area contributed by atoms with Crippen molar-refractivity contribution in [2.75, 3.05) is 0 Å². The third-order valence-corrected chi connectivity index (χ3v) is 3.74. The van der Waals surface area contributed by atoms with Crippen LogP contribution in [0.15, 0.2) is 36.4 Å². The highest BCUT2D eigenvalue weighted by Crippen LogP contribution is 2.33. The summed E-state index contributed by atoms with van der Waals surface area (Å²) in [5.41, 5.74) is 8.45. The molecule has 21 heavy (non-hydrogen) atoms. The van der Waals surface area contributed by atoms with Gasteiger partial charge >= 0.3 is 0 Å². The third-order valence-electron chi connectivity index (χ3n) is 3.74. The topological polar surface area (TPSA) is 26.0 Å². The van der Waals surface area contributed by atoms with Crippen molar-refractivity contribution < 1.29 is 8.78 Å². The highest BCUT2D eigenvalue weighted by Gasteiger charge is 2.24. The van der Waals surface area contributed by atoms with Gasteiger partial charge in [-0.05, 0) is 29.0 Å². The Morgan fingerprint density at radius 3 is 2.14 bits per heavy atom. The van der Waals surface area contributed by atoms with Gasteiger partial charge in [0.25, 0.3) is 0 Å². The van der Waals surface area contributed by atoms with Crippen molar-refractivity contribution in [1.82, 2.24) is 0 Å². The number of benzene rings is 2. The Hall–Kier alpha value is -1.74. The van der Waals surface area contributed by atoms with E-state index < -0.39 is 17.7 Å². The Labute approximate surface area is 124 Å². The van der Waals surface area contributed by atoms with Crippen LogP contribution < -0.4 is 5.73 Å². The van der Waals surface area contributed by atoms with Crippen molar-refractivity contribution >= 4 is 0 Å². The van der Waals surface area contributed by atoms with E-state index in [1.165, 1.54) is 6.92 Å². The minimum Gasteiger partial charge on any atom is -0.320 e. The van der Waals surface area contributed by atoms with Gasteiger partial charge in [-0.15, -0.1) is 0 Å². The molecular formula is C18H21F2N. The van der Waals surface area contributed by atoms with Crippen LogP contribution in [0.25, 0.3) is 0 Å². The first-order valence-corrected chi connectivity index (χ1v) is 7.03. The predicted octanol–water partition coefficient (Wildman–Crippen LogP) is 4.62. The van der Waals surface area contributed by atoms with E-state index in [0.29, 0.717) is 0 Å². The molecule has 112 valence electrons. The minimum atomic E-state index is -0.855. The summed E-state index contributed by atoms with van der Waals surface area (Å²) >= 11 is 0. The third kappa shape index (κ3) is 2.98. The maximum Gasteiger partial charge on any atom is 0.164 e. The molecule has 0 aromatic heterocycles. The van der Waals surface area contributed by atoms with Gasteiger partial charge in [-0.2, -0.15) is 0 Å². The number of nitrogens with two attached hydrogens (primary N) is 1. The molecule has 0 spiro atoms. The molecule has 1 nitrogen and oxygen atoms in total. The van der Waals surface area contributed by atoms with Gasteiger partial charge in [-0.1, -0.05) is 57.2 Å². The van der Waals surface area contributed by atoms with Crippen LogP contribution >= 0.6 is 0 Å². The zero-order valence-corrected chi connectivity index (χ0v) is 12.9. The highest BCUT2D eigenvalue weighted by atomic mass is 19.2. The molecule has 3 heteroatoms. The Bertz CT molecular complexity index is 657. The lowest BCUT2D eigenvalue weighted by molar-refractivity contribution is 0.488. The minimum absolute atomic E-state index is 0.117. The molecular weight excluding hydrogens is 268 g/mol. The van der Waals surface area contributed by atoms with Gasteiger partial charge < -0.3 is 5.73 Å². The summed E-state index contributed by atoms with van der Waals surface area (Å²) in [6.45, 7) is 7.76. The second-order valence-electron chi connectivity index (χ2n) is 6.41. The summed E-state index contributed by atoms with van der Waals surface area (Å²) in [6, 6.07) is 10.1. The average Bonchev–Trinajstić information content (AvgIpc) is 2.43. The number of aryl methyl sites for hydroxylation is 1. The van der Waals surface area contributed by atoms with Crippen LogP contribution in [0.5, 0.6) is 0 Å². The first-order valence-electron chi connectivity index (χ1n) is 7.03. The lowest BCUT2D eigenvalue weighted by Gasteiger charge is -2.26. The number of hydrogen-bond acceptors (Lipinski definition) is 1. The predicted molar refractivity (Wildman–Crippen MR) is 82.3 cm³/mol. The lowest BCUT2D eigenvalue weighted by Crippen LogP contribution is -2.21. The van der Waals surface area contributed by atoms with Gasteiger partial charge in [0.05, 0.1) is 6.04 Å². The second-order valence-corrected chi connectivity index (χ2v) is 6.41. The van der Waals surface area contributed by atoms with E-state index in [-0.39, 0.29) is 16.5 Å². The number of hydrogen-bond donors (Lipinski definition) is 1. The maximum absolute atomic E-state index is 14.2. The van der Waals surface area contributed by atoms with Crippen molar-refractivity contribution in [2.45, 2.75) is 39.2 Å². The van der Waals surface area contributed by atoms with E-state index in [0.717, 1.165) is 11.1 Å². The zero-order valence-electron chi connectivity index (χ0n) is 12.9. The van der Waals surface area contributed by atoms with Gasteiger partial charge in [0, 0.05) is 5.56 Å². The van der Waals surface area contributed by atoms with Crippen molar-refractivity contribution in [3.8, 4) is 0 Å². The summed E-state index contributed by atoms with van der Waals surface area (Å²) < 4.78 is 27.9. The van der Waals surface area contributed by atoms with Gasteiger partial charge in [-0.3, -0.25) is 0 Å². The average molecular weight is 289 g/mol. The van der Waals surface area contributed by atoms with E-state index in [4.69, 9.17) is 5.73 Å². The molecule has 0 radical (unpaired) electrons. The van der Waals surface area contributed by atoms with Crippen LogP contribution in [0.3, 0.4) is 0 Å². The Morgan fingerprint density at radius 1 is 0.905 bits per heavy atom. The molecule has 1 atom stereocenters. The SMILES string of the molecule is Cc1ccc(C(N)c2ccccc2C(C)(C)C)c(F)c1F. The van der Waals surface area contributed by atoms with Crippen LogP contribution in [-0.4, -0.2) is 0 Å². The van der Waals surface area contributed by atoms with Gasteiger partial charge in [-0.25, -0.2) is 8.78 Å². The quantitative estimate of drug-likeness (QED) is 0.857. The standard InChI is InChI=1S/C18H21F2N/c1-11-9-10-13(16(20)15(11)19)17(21)12-7-5-6-8-14(12)18(2,3)4/h5-10,17H,21H2,1-4H3. The molecule has 0 aliphatic carbocycles. The van der Waals surface area contributed by atoms with Crippen LogP contribution in [0.1, 0.15) is 49.1 Å².